The number of thiophene rings is 1. The Balaban J connectivity index is 1.19. The molecule has 0 amide bonds. The molecule has 38 heavy (non-hydrogen) atoms. The Kier molecular flexibility index (Phi) is 7.43. The monoisotopic (exact) mass is 547 g/mol. The molecule has 3 aromatic heterocycles. The first-order valence-electron chi connectivity index (χ1n) is 13.3. The Labute approximate surface area is 231 Å². The zero-order valence-corrected chi connectivity index (χ0v) is 23.5. The van der Waals surface area contributed by atoms with Gasteiger partial charge in [0.05, 0.1) is 16.3 Å². The number of anilines is 1. The molecule has 0 N–H and O–H groups in total. The topological polar surface area (TPSA) is 65.7 Å². The lowest BCUT2D eigenvalue weighted by Gasteiger charge is -2.34. The van der Waals surface area contributed by atoms with Crippen LogP contribution in [-0.4, -0.2) is 72.5 Å². The van der Waals surface area contributed by atoms with Crippen molar-refractivity contribution in [2.24, 2.45) is 0 Å². The van der Waals surface area contributed by atoms with Gasteiger partial charge >= 0.3 is 0 Å². The predicted octanol–water partition coefficient (Wildman–Crippen LogP) is 5.71. The number of nitrogens with zero attached hydrogens (tertiary/aromatic N) is 5. The minimum absolute atomic E-state index is 0.133. The van der Waals surface area contributed by atoms with Crippen molar-refractivity contribution in [3.63, 3.8) is 0 Å². The number of carbonyl (C=O) groups is 1. The van der Waals surface area contributed by atoms with Crippen LogP contribution in [0.25, 0.3) is 22.5 Å². The van der Waals surface area contributed by atoms with Crippen LogP contribution in [0.3, 0.4) is 0 Å². The number of aldehydes is 1. The van der Waals surface area contributed by atoms with Crippen LogP contribution in [0, 0.1) is 6.92 Å². The van der Waals surface area contributed by atoms with E-state index < -0.39 is 0 Å². The average molecular weight is 548 g/mol. The van der Waals surface area contributed by atoms with Crippen LogP contribution in [-0.2, 0) is 4.79 Å². The predicted molar refractivity (Wildman–Crippen MR) is 154 cm³/mol. The van der Waals surface area contributed by atoms with Crippen LogP contribution in [0.15, 0.2) is 51.7 Å². The highest BCUT2D eigenvalue weighted by Gasteiger charge is 2.29. The van der Waals surface area contributed by atoms with E-state index in [2.05, 4.69) is 62.6 Å². The normalized spacial score (nSPS) is 18.6. The van der Waals surface area contributed by atoms with Crippen LogP contribution in [0.4, 0.5) is 5.69 Å². The molecule has 1 unspecified atom stereocenters. The van der Waals surface area contributed by atoms with E-state index in [1.165, 1.54) is 5.69 Å². The maximum Gasteiger partial charge on any atom is 0.143 e. The number of thiazole rings is 1. The number of hydrogen-bond acceptors (Lipinski definition) is 9. The Morgan fingerprint density at radius 1 is 1.05 bits per heavy atom. The third kappa shape index (κ3) is 5.08. The second-order valence-corrected chi connectivity index (χ2v) is 12.1. The largest absolute Gasteiger partial charge is 0.369 e. The molecule has 0 bridgehead atoms. The van der Waals surface area contributed by atoms with Crippen LogP contribution in [0.5, 0.6) is 0 Å². The van der Waals surface area contributed by atoms with Crippen molar-refractivity contribution in [3.8, 4) is 22.5 Å². The van der Waals surface area contributed by atoms with Gasteiger partial charge in [-0.15, -0.1) is 22.7 Å². The molecule has 1 atom stereocenters. The number of benzene rings is 1. The van der Waals surface area contributed by atoms with Crippen molar-refractivity contribution < 1.29 is 9.32 Å². The number of carbonyl (C=O) groups excluding carboxylic acids is 1. The van der Waals surface area contributed by atoms with Crippen molar-refractivity contribution in [2.75, 3.05) is 51.2 Å². The fourth-order valence-electron chi connectivity index (χ4n) is 5.59. The number of piperazine rings is 1. The van der Waals surface area contributed by atoms with E-state index in [0.29, 0.717) is 5.92 Å². The molecule has 4 aromatic rings. The van der Waals surface area contributed by atoms with Gasteiger partial charge in [0, 0.05) is 53.6 Å². The second kappa shape index (κ2) is 11.1. The Morgan fingerprint density at radius 2 is 1.87 bits per heavy atom. The van der Waals surface area contributed by atoms with Gasteiger partial charge in [0.2, 0.25) is 0 Å². The molecule has 7 nitrogen and oxygen atoms in total. The summed E-state index contributed by atoms with van der Waals surface area (Å²) in [7, 11) is 2.18. The highest BCUT2D eigenvalue weighted by molar-refractivity contribution is 7.10. The van der Waals surface area contributed by atoms with Gasteiger partial charge in [-0.1, -0.05) is 23.4 Å². The molecular formula is C29H33N5O2S2. The van der Waals surface area contributed by atoms with Crippen molar-refractivity contribution in [1.29, 1.82) is 0 Å². The van der Waals surface area contributed by atoms with Crippen molar-refractivity contribution in [1.82, 2.24) is 19.9 Å². The average Bonchev–Trinajstić information content (AvgIpc) is 3.72. The first-order chi connectivity index (χ1) is 18.6. The van der Waals surface area contributed by atoms with Crippen LogP contribution < -0.4 is 4.90 Å². The van der Waals surface area contributed by atoms with Gasteiger partial charge in [-0.3, -0.25) is 4.90 Å². The summed E-state index contributed by atoms with van der Waals surface area (Å²) < 4.78 is 5.70. The van der Waals surface area contributed by atoms with Crippen LogP contribution in [0.1, 0.15) is 40.4 Å². The molecule has 0 saturated carbocycles. The minimum atomic E-state index is -0.133. The van der Waals surface area contributed by atoms with E-state index in [-0.39, 0.29) is 6.04 Å². The summed E-state index contributed by atoms with van der Waals surface area (Å²) >= 11 is 3.38. The molecule has 2 fully saturated rings. The molecule has 198 valence electrons. The van der Waals surface area contributed by atoms with E-state index >= 15 is 0 Å². The van der Waals surface area contributed by atoms with Crippen LogP contribution >= 0.6 is 22.7 Å². The van der Waals surface area contributed by atoms with Gasteiger partial charge in [0.15, 0.2) is 0 Å². The number of aromatic nitrogens is 2. The van der Waals surface area contributed by atoms with E-state index in [1.807, 2.05) is 18.4 Å². The van der Waals surface area contributed by atoms with Gasteiger partial charge < -0.3 is 19.1 Å². The third-order valence-electron chi connectivity index (χ3n) is 7.86. The standard InChI is InChI=1S/C29H33N5O2S2/c1-20-27(28(31-36-20)22-5-3-6-23(17-22)33-14-12-32(2)13-15-33)24-19-38-29(30-24)21-8-10-34(11-9-21)25(18-35)26-7-4-16-37-26/h3-7,16-19,21,25H,8-15H2,1-2H3. The minimum Gasteiger partial charge on any atom is -0.369 e. The summed E-state index contributed by atoms with van der Waals surface area (Å²) in [6.07, 6.45) is 3.10. The van der Waals surface area contributed by atoms with E-state index in [0.717, 1.165) is 96.6 Å². The molecule has 5 heterocycles. The smallest absolute Gasteiger partial charge is 0.143 e. The van der Waals surface area contributed by atoms with Crippen molar-refractivity contribution >= 4 is 34.6 Å². The third-order valence-corrected chi connectivity index (χ3v) is 9.81. The molecule has 0 radical (unpaired) electrons. The summed E-state index contributed by atoms with van der Waals surface area (Å²) in [5.74, 6) is 1.20. The summed E-state index contributed by atoms with van der Waals surface area (Å²) in [6, 6.07) is 12.6. The molecule has 1 aromatic carbocycles. The molecular weight excluding hydrogens is 514 g/mol. The SMILES string of the molecule is Cc1onc(-c2cccc(N3CCN(C)CC3)c2)c1-c1csc(C2CCN(C(C=O)c3cccs3)CC2)n1. The maximum atomic E-state index is 11.8. The van der Waals surface area contributed by atoms with E-state index in [9.17, 15) is 4.79 Å². The summed E-state index contributed by atoms with van der Waals surface area (Å²) in [4.78, 5) is 25.2. The molecule has 0 spiro atoms. The number of piperidine rings is 1. The zero-order chi connectivity index (χ0) is 26.1. The molecule has 6 rings (SSSR count). The van der Waals surface area contributed by atoms with Gasteiger partial charge in [0.25, 0.3) is 0 Å². The van der Waals surface area contributed by atoms with Crippen molar-refractivity contribution in [2.45, 2.75) is 31.7 Å². The second-order valence-electron chi connectivity index (χ2n) is 10.3. The van der Waals surface area contributed by atoms with Gasteiger partial charge in [-0.25, -0.2) is 4.98 Å². The molecule has 2 aliphatic heterocycles. The lowest BCUT2D eigenvalue weighted by Crippen LogP contribution is -2.44. The van der Waals surface area contributed by atoms with Gasteiger partial charge in [-0.2, -0.15) is 0 Å². The van der Waals surface area contributed by atoms with Crippen molar-refractivity contribution in [3.05, 3.63) is 62.8 Å². The number of hydrogen-bond donors (Lipinski definition) is 0. The number of aryl methyl sites for hydroxylation is 1. The molecule has 9 heteroatoms. The first-order valence-corrected chi connectivity index (χ1v) is 15.1. The zero-order valence-electron chi connectivity index (χ0n) is 21.9. The maximum absolute atomic E-state index is 11.8. The highest BCUT2D eigenvalue weighted by Crippen LogP contribution is 2.39. The summed E-state index contributed by atoms with van der Waals surface area (Å²) in [6.45, 7) is 7.97. The van der Waals surface area contributed by atoms with E-state index in [1.54, 1.807) is 22.7 Å². The Bertz CT molecular complexity index is 1370. The van der Waals surface area contributed by atoms with Crippen LogP contribution in [0.2, 0.25) is 0 Å². The number of likely N-dealkylation sites (tertiary alicyclic amines) is 1. The fraction of sp³-hybridized carbons (Fsp3) is 0.414. The Hall–Kier alpha value is -2.85. The summed E-state index contributed by atoms with van der Waals surface area (Å²) in [5, 5.41) is 9.82. The van der Waals surface area contributed by atoms with Gasteiger partial charge in [0.1, 0.15) is 23.8 Å². The number of likely N-dealkylation sites (N-methyl/N-ethyl adjacent to an activating group) is 1. The van der Waals surface area contributed by atoms with Gasteiger partial charge in [-0.05, 0) is 63.5 Å². The lowest BCUT2D eigenvalue weighted by molar-refractivity contribution is -0.113. The summed E-state index contributed by atoms with van der Waals surface area (Å²) in [5.41, 5.74) is 5.07. The molecule has 2 aliphatic rings. The van der Waals surface area contributed by atoms with E-state index in [4.69, 9.17) is 9.51 Å². The fourth-order valence-corrected chi connectivity index (χ4v) is 7.39. The number of rotatable bonds is 7. The molecule has 0 aliphatic carbocycles. The Morgan fingerprint density at radius 3 is 2.61 bits per heavy atom. The molecule has 2 saturated heterocycles. The first kappa shape index (κ1) is 25.4. The quantitative estimate of drug-likeness (QED) is 0.275. The lowest BCUT2D eigenvalue weighted by atomic mass is 9.96. The highest BCUT2D eigenvalue weighted by atomic mass is 32.1.